The van der Waals surface area contributed by atoms with Crippen LogP contribution < -0.4 is 9.62 Å². The molecule has 0 radical (unpaired) electrons. The van der Waals surface area contributed by atoms with Gasteiger partial charge in [-0.3, -0.25) is 9.10 Å². The lowest BCUT2D eigenvalue weighted by atomic mass is 10.1. The minimum Gasteiger partial charge on any atom is -0.354 e. The van der Waals surface area contributed by atoms with Gasteiger partial charge in [0.25, 0.3) is 0 Å². The lowest BCUT2D eigenvalue weighted by Crippen LogP contribution is -2.49. The van der Waals surface area contributed by atoms with Crippen LogP contribution in [0.5, 0.6) is 0 Å². The van der Waals surface area contributed by atoms with E-state index in [-0.39, 0.29) is 11.7 Å². The zero-order valence-electron chi connectivity index (χ0n) is 16.8. The largest absolute Gasteiger partial charge is 0.354 e. The van der Waals surface area contributed by atoms with E-state index >= 15 is 0 Å². The van der Waals surface area contributed by atoms with E-state index in [4.69, 9.17) is 11.6 Å². The summed E-state index contributed by atoms with van der Waals surface area (Å²) < 4.78 is 39.0. The zero-order chi connectivity index (χ0) is 21.6. The van der Waals surface area contributed by atoms with Crippen molar-refractivity contribution in [2.45, 2.75) is 39.2 Å². The maximum absolute atomic E-state index is 12.9. The molecular weight excluding hydrogens is 415 g/mol. The van der Waals surface area contributed by atoms with Crippen LogP contribution in [0.3, 0.4) is 0 Å². The summed E-state index contributed by atoms with van der Waals surface area (Å²) in [6, 6.07) is 10.3. The van der Waals surface area contributed by atoms with Crippen LogP contribution in [0.1, 0.15) is 30.9 Å². The molecule has 0 aromatic heterocycles. The molecule has 8 heteroatoms. The normalized spacial score (nSPS) is 12.4. The number of amides is 1. The molecule has 2 rings (SSSR count). The third-order valence-electron chi connectivity index (χ3n) is 4.59. The molecule has 0 heterocycles. The molecule has 0 saturated heterocycles. The Kier molecular flexibility index (Phi) is 8.05. The molecule has 0 aliphatic heterocycles. The van der Waals surface area contributed by atoms with Crippen LogP contribution in [0, 0.1) is 12.7 Å². The first-order chi connectivity index (χ1) is 13.6. The van der Waals surface area contributed by atoms with E-state index in [1.165, 1.54) is 12.1 Å². The van der Waals surface area contributed by atoms with Gasteiger partial charge in [-0.05, 0) is 61.6 Å². The van der Waals surface area contributed by atoms with Crippen molar-refractivity contribution in [1.29, 1.82) is 0 Å². The van der Waals surface area contributed by atoms with Gasteiger partial charge >= 0.3 is 0 Å². The first-order valence-corrected chi connectivity index (χ1v) is 11.6. The first-order valence-electron chi connectivity index (χ1n) is 9.41. The van der Waals surface area contributed by atoms with Crippen molar-refractivity contribution >= 4 is 33.2 Å². The Morgan fingerprint density at radius 2 is 1.86 bits per heavy atom. The van der Waals surface area contributed by atoms with Gasteiger partial charge in [-0.2, -0.15) is 0 Å². The highest BCUT2D eigenvalue weighted by atomic mass is 35.5. The van der Waals surface area contributed by atoms with Crippen LogP contribution in [0.2, 0.25) is 5.02 Å². The third-order valence-corrected chi connectivity index (χ3v) is 6.18. The van der Waals surface area contributed by atoms with Crippen LogP contribution >= 0.6 is 11.6 Å². The summed E-state index contributed by atoms with van der Waals surface area (Å²) in [5.74, 6) is -0.654. The second-order valence-electron chi connectivity index (χ2n) is 6.94. The molecule has 0 aliphatic rings. The Hall–Kier alpha value is -2.12. The lowest BCUT2D eigenvalue weighted by molar-refractivity contribution is -0.122. The van der Waals surface area contributed by atoms with E-state index in [9.17, 15) is 17.6 Å². The van der Waals surface area contributed by atoms with E-state index in [1.54, 1.807) is 37.3 Å². The number of halogens is 2. The smallest absolute Gasteiger partial charge is 0.243 e. The Balaban J connectivity index is 2.07. The summed E-state index contributed by atoms with van der Waals surface area (Å²) in [6.07, 6.45) is 2.72. The predicted octanol–water partition coefficient (Wildman–Crippen LogP) is 4.08. The van der Waals surface area contributed by atoms with Crippen LogP contribution in [-0.2, 0) is 21.2 Å². The highest BCUT2D eigenvalue weighted by molar-refractivity contribution is 7.92. The van der Waals surface area contributed by atoms with Crippen LogP contribution in [0.25, 0.3) is 0 Å². The number of sulfonamides is 1. The van der Waals surface area contributed by atoms with Crippen LogP contribution in [0.15, 0.2) is 42.5 Å². The minimum atomic E-state index is -3.70. The number of carbonyl (C=O) groups excluding carboxylic acids is 1. The summed E-state index contributed by atoms with van der Waals surface area (Å²) in [7, 11) is -3.70. The molecule has 0 bridgehead atoms. The Bertz CT molecular complexity index is 949. The molecule has 0 saturated carbocycles. The lowest BCUT2D eigenvalue weighted by Gasteiger charge is -2.30. The molecule has 2 aromatic carbocycles. The fourth-order valence-corrected chi connectivity index (χ4v) is 4.43. The number of nitrogens with one attached hydrogen (secondary N) is 1. The highest BCUT2D eigenvalue weighted by Crippen LogP contribution is 2.27. The summed E-state index contributed by atoms with van der Waals surface area (Å²) in [5.41, 5.74) is 2.15. The SMILES string of the molecule is CCC(C(=O)NCCCc1ccc(F)cc1)N(c1ccc(C)c(Cl)c1)S(C)(=O)=O. The van der Waals surface area contributed by atoms with E-state index < -0.39 is 16.1 Å². The molecule has 158 valence electrons. The maximum Gasteiger partial charge on any atom is 0.243 e. The molecule has 29 heavy (non-hydrogen) atoms. The fraction of sp³-hybridized carbons (Fsp3) is 0.381. The number of hydrogen-bond acceptors (Lipinski definition) is 3. The van der Waals surface area contributed by atoms with Gasteiger partial charge in [0.1, 0.15) is 11.9 Å². The number of anilines is 1. The molecule has 0 aliphatic carbocycles. The van der Waals surface area contributed by atoms with Gasteiger partial charge in [-0.25, -0.2) is 12.8 Å². The Morgan fingerprint density at radius 1 is 1.21 bits per heavy atom. The van der Waals surface area contributed by atoms with E-state index in [2.05, 4.69) is 5.32 Å². The van der Waals surface area contributed by atoms with Crippen LogP contribution in [0.4, 0.5) is 10.1 Å². The van der Waals surface area contributed by atoms with Gasteiger partial charge in [0.05, 0.1) is 11.9 Å². The van der Waals surface area contributed by atoms with Crippen molar-refractivity contribution < 1.29 is 17.6 Å². The number of carbonyl (C=O) groups is 1. The molecule has 1 unspecified atom stereocenters. The van der Waals surface area contributed by atoms with E-state index in [0.29, 0.717) is 36.5 Å². The summed E-state index contributed by atoms with van der Waals surface area (Å²) >= 11 is 6.16. The first kappa shape index (κ1) is 23.2. The van der Waals surface area contributed by atoms with Crippen molar-refractivity contribution in [1.82, 2.24) is 5.32 Å². The number of rotatable bonds is 9. The third kappa shape index (κ3) is 6.44. The number of nitrogens with zero attached hydrogens (tertiary/aromatic N) is 1. The molecule has 1 N–H and O–H groups in total. The van der Waals surface area contributed by atoms with Gasteiger partial charge in [0.2, 0.25) is 15.9 Å². The second-order valence-corrected chi connectivity index (χ2v) is 9.20. The fourth-order valence-electron chi connectivity index (χ4n) is 3.05. The van der Waals surface area contributed by atoms with Crippen molar-refractivity contribution in [3.8, 4) is 0 Å². The highest BCUT2D eigenvalue weighted by Gasteiger charge is 2.31. The maximum atomic E-state index is 12.9. The molecule has 0 spiro atoms. The van der Waals surface area contributed by atoms with Crippen molar-refractivity contribution in [3.63, 3.8) is 0 Å². The van der Waals surface area contributed by atoms with Crippen LogP contribution in [-0.4, -0.2) is 33.2 Å². The monoisotopic (exact) mass is 440 g/mol. The van der Waals surface area contributed by atoms with Crippen molar-refractivity contribution in [3.05, 3.63) is 64.4 Å². The summed E-state index contributed by atoms with van der Waals surface area (Å²) in [4.78, 5) is 12.7. The molecular formula is C21H26ClFN2O3S. The quantitative estimate of drug-likeness (QED) is 0.597. The van der Waals surface area contributed by atoms with Crippen molar-refractivity contribution in [2.75, 3.05) is 17.1 Å². The average Bonchev–Trinajstić information content (AvgIpc) is 2.66. The Morgan fingerprint density at radius 3 is 2.41 bits per heavy atom. The molecule has 0 fully saturated rings. The number of aryl methyl sites for hydroxylation is 2. The second kappa shape index (κ2) is 10.1. The van der Waals surface area contributed by atoms with Gasteiger partial charge in [0, 0.05) is 11.6 Å². The van der Waals surface area contributed by atoms with Gasteiger partial charge < -0.3 is 5.32 Å². The van der Waals surface area contributed by atoms with Gasteiger partial charge in [0.15, 0.2) is 0 Å². The topological polar surface area (TPSA) is 66.5 Å². The molecule has 1 atom stereocenters. The summed E-state index contributed by atoms with van der Waals surface area (Å²) in [5, 5.41) is 3.25. The Labute approximate surface area is 176 Å². The molecule has 1 amide bonds. The average molecular weight is 441 g/mol. The van der Waals surface area contributed by atoms with Gasteiger partial charge in [-0.15, -0.1) is 0 Å². The molecule has 5 nitrogen and oxygen atoms in total. The van der Waals surface area contributed by atoms with Crippen molar-refractivity contribution in [2.24, 2.45) is 0 Å². The molecule has 2 aromatic rings. The van der Waals surface area contributed by atoms with E-state index in [0.717, 1.165) is 21.7 Å². The van der Waals surface area contributed by atoms with Gasteiger partial charge in [-0.1, -0.05) is 36.7 Å². The standard InChI is InChI=1S/C21H26ClFN2O3S/c1-4-20(21(26)24-13-5-6-16-8-10-17(23)11-9-16)25(29(3,27)28)18-12-7-15(2)19(22)14-18/h7-12,14,20H,4-6,13H2,1-3H3,(H,24,26). The summed E-state index contributed by atoms with van der Waals surface area (Å²) in [6.45, 7) is 3.97. The van der Waals surface area contributed by atoms with E-state index in [1.807, 2.05) is 6.92 Å². The zero-order valence-corrected chi connectivity index (χ0v) is 18.4. The minimum absolute atomic E-state index is 0.287. The predicted molar refractivity (Wildman–Crippen MR) is 115 cm³/mol. The number of hydrogen-bond donors (Lipinski definition) is 1. The number of benzene rings is 2.